The second kappa shape index (κ2) is 9.04. The zero-order chi connectivity index (χ0) is 22.1. The number of thiophene rings is 1. The molecule has 1 aromatic carbocycles. The number of ether oxygens (including phenoxy) is 1. The Hall–Kier alpha value is -1.96. The zero-order valence-electron chi connectivity index (χ0n) is 17.3. The lowest BCUT2D eigenvalue weighted by Gasteiger charge is -2.24. The maximum Gasteiger partial charge on any atom is 0.345 e. The van der Waals surface area contributed by atoms with Gasteiger partial charge in [0.15, 0.2) is 0 Å². The Morgan fingerprint density at radius 1 is 1.30 bits per heavy atom. The molecule has 1 fully saturated rings. The van der Waals surface area contributed by atoms with E-state index in [2.05, 4.69) is 0 Å². The van der Waals surface area contributed by atoms with Crippen LogP contribution in [0.1, 0.15) is 65.2 Å². The highest BCUT2D eigenvalue weighted by Crippen LogP contribution is 2.46. The minimum Gasteiger partial charge on any atom is -0.477 e. The molecule has 1 saturated carbocycles. The van der Waals surface area contributed by atoms with Crippen LogP contribution < -0.4 is 0 Å². The maximum atomic E-state index is 11.8. The number of carbonyl (C=O) groups is 1. The number of carboxylic acids is 1. The molecule has 0 spiro atoms. The first-order chi connectivity index (χ1) is 14.1. The third-order valence-corrected chi connectivity index (χ3v) is 7.24. The molecule has 0 aliphatic heterocycles. The number of aromatic carboxylic acids is 1. The Balaban J connectivity index is 1.76. The lowest BCUT2D eigenvalue weighted by molar-refractivity contribution is -0.385. The lowest BCUT2D eigenvalue weighted by atomic mass is 9.82. The van der Waals surface area contributed by atoms with Crippen molar-refractivity contribution in [2.45, 2.75) is 56.9 Å². The van der Waals surface area contributed by atoms with Crippen molar-refractivity contribution < 1.29 is 19.6 Å². The monoisotopic (exact) mass is 451 g/mol. The fraction of sp³-hybridized carbons (Fsp3) is 0.500. The summed E-state index contributed by atoms with van der Waals surface area (Å²) >= 11 is 7.75. The molecule has 30 heavy (non-hydrogen) atoms. The molecule has 0 amide bonds. The molecule has 6 nitrogen and oxygen atoms in total. The molecule has 3 atom stereocenters. The van der Waals surface area contributed by atoms with E-state index >= 15 is 0 Å². The van der Waals surface area contributed by atoms with Gasteiger partial charge in [0.1, 0.15) is 4.88 Å². The lowest BCUT2D eigenvalue weighted by Crippen LogP contribution is -2.21. The zero-order valence-corrected chi connectivity index (χ0v) is 18.8. The third kappa shape index (κ3) is 5.02. The van der Waals surface area contributed by atoms with Gasteiger partial charge in [0.25, 0.3) is 5.69 Å². The normalized spacial score (nSPS) is 21.7. The number of carboxylic acid groups (broad SMARTS) is 1. The van der Waals surface area contributed by atoms with Crippen LogP contribution >= 0.6 is 22.9 Å². The van der Waals surface area contributed by atoms with Gasteiger partial charge in [-0.1, -0.05) is 32.9 Å². The summed E-state index contributed by atoms with van der Waals surface area (Å²) in [6, 6.07) is 8.85. The molecule has 162 valence electrons. The molecule has 3 unspecified atom stereocenters. The van der Waals surface area contributed by atoms with Crippen molar-refractivity contribution in [2.75, 3.05) is 6.61 Å². The summed E-state index contributed by atoms with van der Waals surface area (Å²) in [6.07, 6.45) is 1.56. The third-order valence-electron chi connectivity index (χ3n) is 5.65. The van der Waals surface area contributed by atoms with E-state index in [1.807, 2.05) is 32.9 Å². The smallest absolute Gasteiger partial charge is 0.345 e. The van der Waals surface area contributed by atoms with Crippen LogP contribution in [0.4, 0.5) is 5.69 Å². The molecule has 1 N–H and O–H groups in total. The van der Waals surface area contributed by atoms with E-state index in [4.69, 9.17) is 21.4 Å². The molecule has 3 rings (SSSR count). The van der Waals surface area contributed by atoms with Gasteiger partial charge in [0.2, 0.25) is 0 Å². The van der Waals surface area contributed by atoms with E-state index < -0.39 is 5.97 Å². The number of nitrogens with zero attached hydrogens (tertiary/aromatic N) is 1. The van der Waals surface area contributed by atoms with E-state index in [9.17, 15) is 14.9 Å². The van der Waals surface area contributed by atoms with Gasteiger partial charge in [0, 0.05) is 27.8 Å². The Bertz CT molecular complexity index is 936. The van der Waals surface area contributed by atoms with Gasteiger partial charge in [-0.3, -0.25) is 10.1 Å². The standard InChI is InChI=1S/C22H26ClNO5S/c1-22(2,3)13-4-6-16(19(10-13)24(27)28)15-7-8-18(23)17(15)12-29-11-14-5-9-20(30-14)21(25)26/h4-6,9-10,15,17-18H,7-8,11-12H2,1-3H3,(H,25,26). The molecule has 0 radical (unpaired) electrons. The van der Waals surface area contributed by atoms with Crippen LogP contribution in [0.15, 0.2) is 30.3 Å². The Morgan fingerprint density at radius 3 is 2.63 bits per heavy atom. The maximum absolute atomic E-state index is 11.8. The van der Waals surface area contributed by atoms with Crippen LogP contribution in [0, 0.1) is 16.0 Å². The first-order valence-electron chi connectivity index (χ1n) is 9.90. The number of nitro groups is 1. The van der Waals surface area contributed by atoms with Crippen molar-refractivity contribution >= 4 is 34.6 Å². The fourth-order valence-corrected chi connectivity index (χ4v) is 5.13. The van der Waals surface area contributed by atoms with Gasteiger partial charge in [-0.2, -0.15) is 0 Å². The first kappa shape index (κ1) is 22.7. The largest absolute Gasteiger partial charge is 0.477 e. The van der Waals surface area contributed by atoms with E-state index in [1.54, 1.807) is 18.2 Å². The van der Waals surface area contributed by atoms with Crippen LogP contribution in [0.25, 0.3) is 0 Å². The van der Waals surface area contributed by atoms with Crippen LogP contribution in [0.2, 0.25) is 0 Å². The number of hydrogen-bond donors (Lipinski definition) is 1. The van der Waals surface area contributed by atoms with E-state index in [0.717, 1.165) is 23.3 Å². The van der Waals surface area contributed by atoms with Crippen LogP contribution in [-0.2, 0) is 16.8 Å². The molecule has 1 aliphatic carbocycles. The summed E-state index contributed by atoms with van der Waals surface area (Å²) in [5, 5.41) is 20.7. The highest BCUT2D eigenvalue weighted by atomic mass is 35.5. The molecule has 8 heteroatoms. The molecule has 1 aliphatic rings. The van der Waals surface area contributed by atoms with Gasteiger partial charge >= 0.3 is 5.97 Å². The van der Waals surface area contributed by atoms with Crippen molar-refractivity contribution in [3.8, 4) is 0 Å². The van der Waals surface area contributed by atoms with Gasteiger partial charge in [-0.15, -0.1) is 22.9 Å². The SMILES string of the molecule is CC(C)(C)c1ccc(C2CCC(Cl)C2COCc2ccc(C(=O)O)s2)c([N+](=O)[O-])c1. The van der Waals surface area contributed by atoms with Crippen molar-refractivity contribution in [3.63, 3.8) is 0 Å². The van der Waals surface area contributed by atoms with Crippen molar-refractivity contribution in [1.82, 2.24) is 0 Å². The van der Waals surface area contributed by atoms with Crippen molar-refractivity contribution in [1.29, 1.82) is 0 Å². The van der Waals surface area contributed by atoms with Gasteiger partial charge in [-0.25, -0.2) is 4.79 Å². The second-order valence-electron chi connectivity index (χ2n) is 8.73. The first-order valence-corrected chi connectivity index (χ1v) is 11.2. The number of nitro benzene ring substituents is 1. The molecule has 1 heterocycles. The van der Waals surface area contributed by atoms with E-state index in [0.29, 0.717) is 18.8 Å². The van der Waals surface area contributed by atoms with Crippen LogP contribution in [0.5, 0.6) is 0 Å². The number of benzene rings is 1. The molecule has 1 aromatic heterocycles. The van der Waals surface area contributed by atoms with Crippen molar-refractivity contribution in [3.05, 3.63) is 61.3 Å². The highest BCUT2D eigenvalue weighted by molar-refractivity contribution is 7.13. The summed E-state index contributed by atoms with van der Waals surface area (Å²) in [4.78, 5) is 23.6. The summed E-state index contributed by atoms with van der Waals surface area (Å²) in [7, 11) is 0. The molecular formula is C22H26ClNO5S. The predicted molar refractivity (Wildman–Crippen MR) is 118 cm³/mol. The fourth-order valence-electron chi connectivity index (χ4n) is 3.97. The molecule has 0 saturated heterocycles. The summed E-state index contributed by atoms with van der Waals surface area (Å²) in [5.41, 5.74) is 1.62. The molecular weight excluding hydrogens is 426 g/mol. The predicted octanol–water partition coefficient (Wildman–Crippen LogP) is 5.97. The Morgan fingerprint density at radius 2 is 2.03 bits per heavy atom. The summed E-state index contributed by atoms with van der Waals surface area (Å²) in [6.45, 7) is 6.78. The average molecular weight is 452 g/mol. The van der Waals surface area contributed by atoms with Crippen LogP contribution in [0.3, 0.4) is 0 Å². The minimum absolute atomic E-state index is 0.0373. The molecule has 0 bridgehead atoms. The van der Waals surface area contributed by atoms with Gasteiger partial charge < -0.3 is 9.84 Å². The highest BCUT2D eigenvalue weighted by Gasteiger charge is 2.39. The quantitative estimate of drug-likeness (QED) is 0.318. The van der Waals surface area contributed by atoms with E-state index in [1.165, 1.54) is 11.3 Å². The number of halogens is 1. The molecule has 2 aromatic rings. The minimum atomic E-state index is -0.950. The van der Waals surface area contributed by atoms with Gasteiger partial charge in [0.05, 0.1) is 18.1 Å². The topological polar surface area (TPSA) is 89.7 Å². The van der Waals surface area contributed by atoms with Crippen molar-refractivity contribution in [2.24, 2.45) is 5.92 Å². The number of hydrogen-bond acceptors (Lipinski definition) is 5. The summed E-state index contributed by atoms with van der Waals surface area (Å²) < 4.78 is 5.86. The number of rotatable bonds is 7. The van der Waals surface area contributed by atoms with Gasteiger partial charge in [-0.05, 0) is 41.9 Å². The number of alkyl halides is 1. The Labute approximate surface area is 185 Å². The van der Waals surface area contributed by atoms with Crippen LogP contribution in [-0.4, -0.2) is 28.0 Å². The van der Waals surface area contributed by atoms with E-state index in [-0.39, 0.29) is 38.1 Å². The Kier molecular flexibility index (Phi) is 6.84. The average Bonchev–Trinajstić information content (AvgIpc) is 3.28. The summed E-state index contributed by atoms with van der Waals surface area (Å²) in [5.74, 6) is -1.03. The second-order valence-corrected chi connectivity index (χ2v) is 10.5.